The molecule has 0 aliphatic heterocycles. The zero-order valence-corrected chi connectivity index (χ0v) is 9.15. The van der Waals surface area contributed by atoms with Crippen molar-refractivity contribution < 1.29 is 4.57 Å². The van der Waals surface area contributed by atoms with E-state index in [0.29, 0.717) is 0 Å². The molecule has 0 atom stereocenters. The van der Waals surface area contributed by atoms with Crippen molar-refractivity contribution in [2.24, 2.45) is 13.0 Å². The van der Waals surface area contributed by atoms with Gasteiger partial charge in [-0.05, 0) is 12.3 Å². The Morgan fingerprint density at radius 2 is 2.07 bits per heavy atom. The smallest absolute Gasteiger partial charge is 0.240 e. The summed E-state index contributed by atoms with van der Waals surface area (Å²) in [5.41, 5.74) is 0. The van der Waals surface area contributed by atoms with Gasteiger partial charge in [-0.25, -0.2) is 9.13 Å². The molecular weight excluding hydrogens is 172 g/mol. The first kappa shape index (κ1) is 9.75. The Bertz CT molecular complexity index is 272. The molecular formula is C12H21N2+. The lowest BCUT2D eigenvalue weighted by molar-refractivity contribution is -0.671. The van der Waals surface area contributed by atoms with Crippen LogP contribution in [-0.4, -0.2) is 4.57 Å². The van der Waals surface area contributed by atoms with Crippen LogP contribution in [0.15, 0.2) is 18.7 Å². The first-order chi connectivity index (χ1) is 6.84. The predicted octanol–water partition coefficient (Wildman–Crippen LogP) is 2.28. The normalized spacial score (nSPS) is 18.6. The maximum atomic E-state index is 2.30. The Morgan fingerprint density at radius 3 is 2.71 bits per heavy atom. The van der Waals surface area contributed by atoms with Crippen LogP contribution in [0, 0.1) is 5.92 Å². The predicted molar refractivity (Wildman–Crippen MR) is 56.8 cm³/mol. The highest BCUT2D eigenvalue weighted by Crippen LogP contribution is 2.26. The van der Waals surface area contributed by atoms with Crippen molar-refractivity contribution >= 4 is 0 Å². The Morgan fingerprint density at radius 1 is 1.29 bits per heavy atom. The van der Waals surface area contributed by atoms with E-state index in [-0.39, 0.29) is 0 Å². The fourth-order valence-corrected chi connectivity index (χ4v) is 2.44. The number of hydrogen-bond acceptors (Lipinski definition) is 0. The molecule has 1 saturated carbocycles. The third kappa shape index (κ3) is 2.60. The van der Waals surface area contributed by atoms with Gasteiger partial charge in [-0.1, -0.05) is 32.1 Å². The molecule has 0 bridgehead atoms. The second-order valence-electron chi connectivity index (χ2n) is 4.61. The summed E-state index contributed by atoms with van der Waals surface area (Å²) < 4.78 is 4.41. The lowest BCUT2D eigenvalue weighted by atomic mass is 9.87. The van der Waals surface area contributed by atoms with Crippen molar-refractivity contribution in [1.29, 1.82) is 0 Å². The Labute approximate surface area is 86.6 Å². The van der Waals surface area contributed by atoms with Gasteiger partial charge in [0.2, 0.25) is 6.33 Å². The van der Waals surface area contributed by atoms with Crippen LogP contribution in [0.25, 0.3) is 0 Å². The van der Waals surface area contributed by atoms with Crippen LogP contribution in [0.1, 0.15) is 38.5 Å². The zero-order valence-electron chi connectivity index (χ0n) is 9.15. The van der Waals surface area contributed by atoms with E-state index in [1.54, 1.807) is 0 Å². The summed E-state index contributed by atoms with van der Waals surface area (Å²) in [7, 11) is 2.08. The van der Waals surface area contributed by atoms with Gasteiger partial charge in [-0.2, -0.15) is 0 Å². The van der Waals surface area contributed by atoms with Crippen LogP contribution in [0.3, 0.4) is 0 Å². The number of aromatic nitrogens is 2. The SMILES string of the molecule is C[n+]1ccn(CCC2CCCCC2)c1. The van der Waals surface area contributed by atoms with Crippen molar-refractivity contribution in [1.82, 2.24) is 4.57 Å². The summed E-state index contributed by atoms with van der Waals surface area (Å²) >= 11 is 0. The molecule has 0 amide bonds. The standard InChI is InChI=1S/C12H21N2/c1-13-9-10-14(11-13)8-7-12-5-3-2-4-6-12/h9-12H,2-8H2,1H3/q+1. The molecule has 1 aliphatic carbocycles. The molecule has 78 valence electrons. The van der Waals surface area contributed by atoms with E-state index in [2.05, 4.69) is 34.9 Å². The minimum atomic E-state index is 0.997. The molecule has 1 heterocycles. The maximum absolute atomic E-state index is 2.30. The number of imidazole rings is 1. The molecule has 0 spiro atoms. The highest BCUT2D eigenvalue weighted by Gasteiger charge is 2.14. The Hall–Kier alpha value is -0.790. The molecule has 0 unspecified atom stereocenters. The summed E-state index contributed by atoms with van der Waals surface area (Å²) in [6, 6.07) is 0. The van der Waals surface area contributed by atoms with E-state index in [9.17, 15) is 0 Å². The fourth-order valence-electron chi connectivity index (χ4n) is 2.44. The second kappa shape index (κ2) is 4.63. The maximum Gasteiger partial charge on any atom is 0.243 e. The van der Waals surface area contributed by atoms with Gasteiger partial charge >= 0.3 is 0 Å². The van der Waals surface area contributed by atoms with Crippen molar-refractivity contribution in [2.45, 2.75) is 45.1 Å². The lowest BCUT2D eigenvalue weighted by Gasteiger charge is -2.20. The highest BCUT2D eigenvalue weighted by molar-refractivity contribution is 4.70. The van der Waals surface area contributed by atoms with Gasteiger partial charge in [-0.15, -0.1) is 0 Å². The molecule has 0 N–H and O–H groups in total. The first-order valence-electron chi connectivity index (χ1n) is 5.85. The van der Waals surface area contributed by atoms with Crippen molar-refractivity contribution in [3.8, 4) is 0 Å². The van der Waals surface area contributed by atoms with Gasteiger partial charge in [0, 0.05) is 0 Å². The Kier molecular flexibility index (Phi) is 3.22. The second-order valence-corrected chi connectivity index (χ2v) is 4.61. The van der Waals surface area contributed by atoms with E-state index in [4.69, 9.17) is 0 Å². The molecule has 2 rings (SSSR count). The summed E-state index contributed by atoms with van der Waals surface area (Å²) in [6.07, 6.45) is 15.1. The number of rotatable bonds is 3. The highest BCUT2D eigenvalue weighted by atomic mass is 15.1. The molecule has 2 heteroatoms. The molecule has 0 aromatic carbocycles. The van der Waals surface area contributed by atoms with E-state index < -0.39 is 0 Å². The summed E-state index contributed by atoms with van der Waals surface area (Å²) in [4.78, 5) is 0. The third-order valence-corrected chi connectivity index (χ3v) is 3.34. The largest absolute Gasteiger partial charge is 0.243 e. The zero-order chi connectivity index (χ0) is 9.80. The molecule has 1 aliphatic rings. The average molecular weight is 193 g/mol. The Balaban J connectivity index is 1.76. The van der Waals surface area contributed by atoms with Gasteiger partial charge < -0.3 is 0 Å². The lowest BCUT2D eigenvalue weighted by Crippen LogP contribution is -2.24. The number of nitrogens with zero attached hydrogens (tertiary/aromatic N) is 2. The van der Waals surface area contributed by atoms with Crippen LogP contribution in [-0.2, 0) is 13.6 Å². The quantitative estimate of drug-likeness (QED) is 0.651. The van der Waals surface area contributed by atoms with E-state index in [1.807, 2.05) is 0 Å². The van der Waals surface area contributed by atoms with E-state index >= 15 is 0 Å². The summed E-state index contributed by atoms with van der Waals surface area (Å²) in [5.74, 6) is 0.997. The van der Waals surface area contributed by atoms with Crippen LogP contribution in [0.5, 0.6) is 0 Å². The van der Waals surface area contributed by atoms with Crippen LogP contribution in [0.2, 0.25) is 0 Å². The minimum Gasteiger partial charge on any atom is -0.240 e. The van der Waals surface area contributed by atoms with Crippen molar-refractivity contribution in [2.75, 3.05) is 0 Å². The van der Waals surface area contributed by atoms with Crippen LogP contribution < -0.4 is 4.57 Å². The van der Waals surface area contributed by atoms with E-state index in [1.165, 1.54) is 45.1 Å². The topological polar surface area (TPSA) is 8.81 Å². The molecule has 14 heavy (non-hydrogen) atoms. The number of aryl methyl sites for hydroxylation is 2. The molecule has 2 nitrogen and oxygen atoms in total. The first-order valence-corrected chi connectivity index (χ1v) is 5.85. The van der Waals surface area contributed by atoms with Gasteiger partial charge in [0.05, 0.1) is 13.6 Å². The molecule has 0 radical (unpaired) electrons. The molecule has 0 saturated heterocycles. The van der Waals surface area contributed by atoms with Crippen molar-refractivity contribution in [3.63, 3.8) is 0 Å². The van der Waals surface area contributed by atoms with Crippen LogP contribution >= 0.6 is 0 Å². The minimum absolute atomic E-state index is 0.997. The van der Waals surface area contributed by atoms with Gasteiger partial charge in [0.1, 0.15) is 12.4 Å². The average Bonchev–Trinajstić information content (AvgIpc) is 2.63. The third-order valence-electron chi connectivity index (χ3n) is 3.34. The molecule has 1 fully saturated rings. The van der Waals surface area contributed by atoms with Gasteiger partial charge in [-0.3, -0.25) is 0 Å². The summed E-state index contributed by atoms with van der Waals surface area (Å²) in [5, 5.41) is 0. The fraction of sp³-hybridized carbons (Fsp3) is 0.750. The van der Waals surface area contributed by atoms with Crippen molar-refractivity contribution in [3.05, 3.63) is 18.7 Å². The van der Waals surface area contributed by atoms with Gasteiger partial charge in [0.25, 0.3) is 0 Å². The molecule has 1 aromatic heterocycles. The van der Waals surface area contributed by atoms with E-state index in [0.717, 1.165) is 5.92 Å². The number of hydrogen-bond donors (Lipinski definition) is 0. The van der Waals surface area contributed by atoms with Gasteiger partial charge in [0.15, 0.2) is 0 Å². The van der Waals surface area contributed by atoms with Crippen LogP contribution in [0.4, 0.5) is 0 Å². The monoisotopic (exact) mass is 193 g/mol. The summed E-state index contributed by atoms with van der Waals surface area (Å²) in [6.45, 7) is 1.20. The molecule has 1 aromatic rings.